The van der Waals surface area contributed by atoms with Crippen molar-refractivity contribution in [2.24, 2.45) is 0 Å². The van der Waals surface area contributed by atoms with Gasteiger partial charge in [-0.05, 0) is 56.7 Å². The predicted octanol–water partition coefficient (Wildman–Crippen LogP) is 3.55. The molecule has 0 bridgehead atoms. The molecule has 2 aliphatic carbocycles. The fourth-order valence-corrected chi connectivity index (χ4v) is 5.28. The van der Waals surface area contributed by atoms with Crippen molar-refractivity contribution in [2.45, 2.75) is 50.9 Å². The van der Waals surface area contributed by atoms with Crippen molar-refractivity contribution in [3.8, 4) is 0 Å². The second-order valence-electron chi connectivity index (χ2n) is 8.94. The van der Waals surface area contributed by atoms with Gasteiger partial charge in [0.25, 0.3) is 0 Å². The second kappa shape index (κ2) is 8.70. The minimum absolute atomic E-state index is 0.118. The highest BCUT2D eigenvalue weighted by Crippen LogP contribution is 2.45. The number of hydrogen-bond donors (Lipinski definition) is 0. The number of fused-ring (bicyclic) bond motifs is 1. The van der Waals surface area contributed by atoms with Crippen LogP contribution in [0.3, 0.4) is 0 Å². The first kappa shape index (κ1) is 21.2. The molecule has 2 fully saturated rings. The average molecular weight is 437 g/mol. The number of aromatic nitrogens is 2. The van der Waals surface area contributed by atoms with Crippen LogP contribution in [0.5, 0.6) is 0 Å². The molecular weight excluding hydrogens is 404 g/mol. The number of hydrogen-bond acceptors (Lipinski definition) is 7. The van der Waals surface area contributed by atoms with Gasteiger partial charge < -0.3 is 19.3 Å². The number of esters is 1. The molecule has 32 heavy (non-hydrogen) atoms. The Balaban J connectivity index is 1.48. The molecule has 1 aliphatic heterocycles. The molecular formula is C25H32N4O3. The molecule has 5 rings (SSSR count). The quantitative estimate of drug-likeness (QED) is 0.642. The van der Waals surface area contributed by atoms with E-state index in [0.717, 1.165) is 94.4 Å². The Morgan fingerprint density at radius 3 is 2.50 bits per heavy atom. The third-order valence-electron chi connectivity index (χ3n) is 7.28. The highest BCUT2D eigenvalue weighted by Gasteiger charge is 2.46. The molecule has 0 spiro atoms. The number of benzene rings is 1. The maximum atomic E-state index is 12.5. The minimum atomic E-state index is -0.468. The van der Waals surface area contributed by atoms with Gasteiger partial charge in [-0.3, -0.25) is 4.79 Å². The van der Waals surface area contributed by atoms with Gasteiger partial charge in [-0.1, -0.05) is 18.6 Å². The lowest BCUT2D eigenvalue weighted by Crippen LogP contribution is -2.43. The summed E-state index contributed by atoms with van der Waals surface area (Å²) in [6, 6.07) is 8.44. The number of methoxy groups -OCH3 is 1. The summed E-state index contributed by atoms with van der Waals surface area (Å²) in [4.78, 5) is 27.0. The van der Waals surface area contributed by atoms with Gasteiger partial charge in [-0.15, -0.1) is 0 Å². The molecule has 0 N–H and O–H groups in total. The summed E-state index contributed by atoms with van der Waals surface area (Å²) in [6.45, 7) is 6.07. The SMILES string of the molecule is CCN(c1ccc(C2(C(=O)OC)CCC2)cc1)c1nc(N2CCOCC2)nc2c1CCC2. The van der Waals surface area contributed by atoms with Crippen molar-refractivity contribution in [3.05, 3.63) is 41.1 Å². The largest absolute Gasteiger partial charge is 0.468 e. The standard InChI is InChI=1S/C25H32N4O3/c1-3-29(19-10-8-18(9-11-19)25(12-5-13-25)23(30)31-2)22-20-6-4-7-21(20)26-24(27-22)28-14-16-32-17-15-28/h8-11H,3-7,12-17H2,1-2H3. The monoisotopic (exact) mass is 436 g/mol. The van der Waals surface area contributed by atoms with Crippen LogP contribution in [0.15, 0.2) is 24.3 Å². The van der Waals surface area contributed by atoms with E-state index in [1.807, 2.05) is 0 Å². The van der Waals surface area contributed by atoms with Crippen molar-refractivity contribution < 1.29 is 14.3 Å². The smallest absolute Gasteiger partial charge is 0.316 e. The molecule has 0 radical (unpaired) electrons. The Bertz CT molecular complexity index is 981. The van der Waals surface area contributed by atoms with Crippen molar-refractivity contribution in [2.75, 3.05) is 49.8 Å². The molecule has 0 atom stereocenters. The number of anilines is 3. The highest BCUT2D eigenvalue weighted by molar-refractivity contribution is 5.84. The van der Waals surface area contributed by atoms with E-state index < -0.39 is 5.41 Å². The summed E-state index contributed by atoms with van der Waals surface area (Å²) in [7, 11) is 1.48. The number of morpholine rings is 1. The first-order chi connectivity index (χ1) is 15.7. The van der Waals surface area contributed by atoms with E-state index in [4.69, 9.17) is 19.4 Å². The molecule has 1 aromatic carbocycles. The van der Waals surface area contributed by atoms with E-state index in [-0.39, 0.29) is 5.97 Å². The molecule has 2 heterocycles. The zero-order chi connectivity index (χ0) is 22.1. The number of nitrogens with zero attached hydrogens (tertiary/aromatic N) is 4. The fraction of sp³-hybridized carbons (Fsp3) is 0.560. The van der Waals surface area contributed by atoms with Crippen LogP contribution >= 0.6 is 0 Å². The number of aryl methyl sites for hydroxylation is 1. The third-order valence-corrected chi connectivity index (χ3v) is 7.28. The number of carbonyl (C=O) groups is 1. The van der Waals surface area contributed by atoms with Crippen LogP contribution in [0, 0.1) is 0 Å². The minimum Gasteiger partial charge on any atom is -0.468 e. The molecule has 0 unspecified atom stereocenters. The summed E-state index contributed by atoms with van der Waals surface area (Å²) < 4.78 is 10.6. The third kappa shape index (κ3) is 3.52. The second-order valence-corrected chi connectivity index (χ2v) is 8.94. The normalized spacial score (nSPS) is 19.2. The Labute approximate surface area is 189 Å². The Kier molecular flexibility index (Phi) is 5.76. The molecule has 1 saturated heterocycles. The maximum Gasteiger partial charge on any atom is 0.316 e. The van der Waals surface area contributed by atoms with Crippen molar-refractivity contribution in [3.63, 3.8) is 0 Å². The Hall–Kier alpha value is -2.67. The van der Waals surface area contributed by atoms with Gasteiger partial charge in [0.15, 0.2) is 0 Å². The lowest BCUT2D eigenvalue weighted by atomic mass is 9.64. The first-order valence-corrected chi connectivity index (χ1v) is 11.9. The molecule has 1 saturated carbocycles. The predicted molar refractivity (Wildman–Crippen MR) is 124 cm³/mol. The van der Waals surface area contributed by atoms with Crippen LogP contribution < -0.4 is 9.80 Å². The van der Waals surface area contributed by atoms with E-state index in [2.05, 4.69) is 41.0 Å². The summed E-state index contributed by atoms with van der Waals surface area (Å²) in [6.07, 6.45) is 5.95. The maximum absolute atomic E-state index is 12.5. The first-order valence-electron chi connectivity index (χ1n) is 11.9. The summed E-state index contributed by atoms with van der Waals surface area (Å²) >= 11 is 0. The molecule has 3 aliphatic rings. The van der Waals surface area contributed by atoms with Gasteiger partial charge in [0.05, 0.1) is 31.4 Å². The molecule has 7 heteroatoms. The fourth-order valence-electron chi connectivity index (χ4n) is 5.28. The van der Waals surface area contributed by atoms with Gasteiger partial charge in [0.2, 0.25) is 5.95 Å². The number of ether oxygens (including phenoxy) is 2. The van der Waals surface area contributed by atoms with Crippen molar-refractivity contribution in [1.29, 1.82) is 0 Å². The van der Waals surface area contributed by atoms with Crippen molar-refractivity contribution in [1.82, 2.24) is 9.97 Å². The van der Waals surface area contributed by atoms with Crippen LogP contribution in [0.1, 0.15) is 49.4 Å². The van der Waals surface area contributed by atoms with Gasteiger partial charge in [-0.2, -0.15) is 4.98 Å². The molecule has 7 nitrogen and oxygen atoms in total. The van der Waals surface area contributed by atoms with E-state index in [1.165, 1.54) is 18.4 Å². The zero-order valence-electron chi connectivity index (χ0n) is 19.1. The van der Waals surface area contributed by atoms with Gasteiger partial charge in [-0.25, -0.2) is 4.98 Å². The van der Waals surface area contributed by atoms with Gasteiger partial charge >= 0.3 is 5.97 Å². The lowest BCUT2D eigenvalue weighted by Gasteiger charge is -2.39. The van der Waals surface area contributed by atoms with E-state index >= 15 is 0 Å². The number of carbonyl (C=O) groups excluding carboxylic acids is 1. The molecule has 1 aromatic heterocycles. The highest BCUT2D eigenvalue weighted by atomic mass is 16.5. The van der Waals surface area contributed by atoms with E-state index in [1.54, 1.807) is 0 Å². The van der Waals surface area contributed by atoms with Gasteiger partial charge in [0, 0.05) is 30.9 Å². The van der Waals surface area contributed by atoms with Crippen LogP contribution in [0.2, 0.25) is 0 Å². The van der Waals surface area contributed by atoms with Crippen molar-refractivity contribution >= 4 is 23.4 Å². The Morgan fingerprint density at radius 1 is 1.12 bits per heavy atom. The number of rotatable bonds is 6. The average Bonchev–Trinajstić information content (AvgIpc) is 3.29. The molecule has 170 valence electrons. The van der Waals surface area contributed by atoms with Crippen LogP contribution in [-0.2, 0) is 32.5 Å². The van der Waals surface area contributed by atoms with Crippen LogP contribution in [0.4, 0.5) is 17.5 Å². The topological polar surface area (TPSA) is 67.8 Å². The van der Waals surface area contributed by atoms with Gasteiger partial charge in [0.1, 0.15) is 5.82 Å². The Morgan fingerprint density at radius 2 is 1.88 bits per heavy atom. The molecule has 0 amide bonds. The zero-order valence-corrected chi connectivity index (χ0v) is 19.1. The molecule has 2 aromatic rings. The van der Waals surface area contributed by atoms with Crippen LogP contribution in [0.25, 0.3) is 0 Å². The summed E-state index contributed by atoms with van der Waals surface area (Å²) in [5.41, 5.74) is 4.14. The lowest BCUT2D eigenvalue weighted by molar-refractivity contribution is -0.151. The van der Waals surface area contributed by atoms with E-state index in [0.29, 0.717) is 0 Å². The van der Waals surface area contributed by atoms with E-state index in [9.17, 15) is 4.79 Å². The summed E-state index contributed by atoms with van der Waals surface area (Å²) in [5, 5.41) is 0. The van der Waals surface area contributed by atoms with Crippen LogP contribution in [-0.4, -0.2) is 55.9 Å². The summed E-state index contributed by atoms with van der Waals surface area (Å²) in [5.74, 6) is 1.72.